The number of hydrogen-bond acceptors (Lipinski definition) is 4. The van der Waals surface area contributed by atoms with Crippen molar-refractivity contribution in [2.24, 2.45) is 0 Å². The van der Waals surface area contributed by atoms with Crippen LogP contribution in [0.2, 0.25) is 0 Å². The van der Waals surface area contributed by atoms with Gasteiger partial charge in [0.05, 0.1) is 19.9 Å². The maximum atomic E-state index is 5.37. The van der Waals surface area contributed by atoms with Gasteiger partial charge in [0, 0.05) is 31.5 Å². The smallest absolute Gasteiger partial charge is 0.142 e. The van der Waals surface area contributed by atoms with Crippen LogP contribution in [-0.4, -0.2) is 28.3 Å². The van der Waals surface area contributed by atoms with E-state index in [4.69, 9.17) is 9.47 Å². The predicted octanol–water partition coefficient (Wildman–Crippen LogP) is 3.51. The fourth-order valence-corrected chi connectivity index (χ4v) is 1.93. The molecule has 2 aromatic carbocycles. The van der Waals surface area contributed by atoms with E-state index in [1.165, 1.54) is 0 Å². The van der Waals surface area contributed by atoms with Crippen LogP contribution in [0.3, 0.4) is 0 Å². The Bertz CT molecular complexity index is 582. The zero-order valence-corrected chi connectivity index (χ0v) is 12.3. The number of methoxy groups -OCH3 is 2. The van der Waals surface area contributed by atoms with Crippen LogP contribution < -0.4 is 19.7 Å². The van der Waals surface area contributed by atoms with Gasteiger partial charge in [-0.2, -0.15) is 0 Å². The maximum absolute atomic E-state index is 5.37. The molecule has 0 aliphatic rings. The highest BCUT2D eigenvalue weighted by Gasteiger charge is 2.06. The Morgan fingerprint density at radius 1 is 0.950 bits per heavy atom. The van der Waals surface area contributed by atoms with Crippen molar-refractivity contribution in [2.45, 2.75) is 0 Å². The highest BCUT2D eigenvalue weighted by atomic mass is 16.5. The Morgan fingerprint density at radius 3 is 2.40 bits per heavy atom. The third-order valence-corrected chi connectivity index (χ3v) is 3.05. The van der Waals surface area contributed by atoms with Gasteiger partial charge in [0.2, 0.25) is 0 Å². The second kappa shape index (κ2) is 6.19. The standard InChI is InChI=1S/C16H20N2O2/c1-18(2)13-7-5-6-12(10-13)17-15-11-14(19-3)8-9-16(15)20-4/h5-11,17H,1-4H3. The first-order valence-corrected chi connectivity index (χ1v) is 6.40. The van der Waals surface area contributed by atoms with Crippen molar-refractivity contribution >= 4 is 17.1 Å². The first-order chi connectivity index (χ1) is 9.63. The summed E-state index contributed by atoms with van der Waals surface area (Å²) in [7, 11) is 7.35. The second-order valence-electron chi connectivity index (χ2n) is 4.64. The fraction of sp³-hybridized carbons (Fsp3) is 0.250. The molecule has 0 unspecified atom stereocenters. The summed E-state index contributed by atoms with van der Waals surface area (Å²) in [5, 5.41) is 3.36. The van der Waals surface area contributed by atoms with Crippen LogP contribution in [0, 0.1) is 0 Å². The van der Waals surface area contributed by atoms with Gasteiger partial charge >= 0.3 is 0 Å². The van der Waals surface area contributed by atoms with Crippen molar-refractivity contribution in [3.05, 3.63) is 42.5 Å². The van der Waals surface area contributed by atoms with E-state index >= 15 is 0 Å². The molecule has 0 spiro atoms. The summed E-state index contributed by atoms with van der Waals surface area (Å²) in [5.41, 5.74) is 3.02. The van der Waals surface area contributed by atoms with Gasteiger partial charge in [-0.05, 0) is 30.3 Å². The molecule has 0 saturated carbocycles. The van der Waals surface area contributed by atoms with E-state index in [1.807, 2.05) is 44.4 Å². The Hall–Kier alpha value is -2.36. The molecule has 0 heterocycles. The molecule has 20 heavy (non-hydrogen) atoms. The number of ether oxygens (including phenoxy) is 2. The molecule has 0 aromatic heterocycles. The van der Waals surface area contributed by atoms with Crippen LogP contribution in [0.4, 0.5) is 17.1 Å². The average molecular weight is 272 g/mol. The summed E-state index contributed by atoms with van der Waals surface area (Å²) >= 11 is 0. The van der Waals surface area contributed by atoms with E-state index in [0.717, 1.165) is 28.6 Å². The average Bonchev–Trinajstić information content (AvgIpc) is 2.47. The van der Waals surface area contributed by atoms with Crippen LogP contribution in [0.1, 0.15) is 0 Å². The van der Waals surface area contributed by atoms with Crippen molar-refractivity contribution in [3.8, 4) is 11.5 Å². The van der Waals surface area contributed by atoms with Gasteiger partial charge in [-0.1, -0.05) is 6.07 Å². The molecule has 0 fully saturated rings. The van der Waals surface area contributed by atoms with Crippen molar-refractivity contribution in [2.75, 3.05) is 38.5 Å². The molecule has 0 radical (unpaired) electrons. The molecule has 0 aliphatic carbocycles. The summed E-state index contributed by atoms with van der Waals surface area (Å²) in [6.45, 7) is 0. The Kier molecular flexibility index (Phi) is 4.35. The van der Waals surface area contributed by atoms with Gasteiger partial charge in [0.15, 0.2) is 0 Å². The number of rotatable bonds is 5. The highest BCUT2D eigenvalue weighted by Crippen LogP contribution is 2.32. The molecular formula is C16H20N2O2. The van der Waals surface area contributed by atoms with Crippen molar-refractivity contribution in [3.63, 3.8) is 0 Å². The molecule has 0 saturated heterocycles. The zero-order valence-electron chi connectivity index (χ0n) is 12.3. The quantitative estimate of drug-likeness (QED) is 0.903. The van der Waals surface area contributed by atoms with Gasteiger partial charge in [-0.3, -0.25) is 0 Å². The molecule has 0 aliphatic heterocycles. The molecule has 4 heteroatoms. The minimum absolute atomic E-state index is 0.779. The number of benzene rings is 2. The van der Waals surface area contributed by atoms with Crippen LogP contribution >= 0.6 is 0 Å². The third-order valence-electron chi connectivity index (χ3n) is 3.05. The molecule has 0 bridgehead atoms. The summed E-state index contributed by atoms with van der Waals surface area (Å²) in [5.74, 6) is 1.57. The molecule has 2 aromatic rings. The molecular weight excluding hydrogens is 252 g/mol. The number of nitrogens with one attached hydrogen (secondary N) is 1. The summed E-state index contributed by atoms with van der Waals surface area (Å²) in [6, 6.07) is 13.9. The highest BCUT2D eigenvalue weighted by molar-refractivity contribution is 5.70. The molecule has 0 amide bonds. The molecule has 4 nitrogen and oxygen atoms in total. The normalized spacial score (nSPS) is 10.0. The first kappa shape index (κ1) is 14.1. The minimum atomic E-state index is 0.779. The minimum Gasteiger partial charge on any atom is -0.497 e. The van der Waals surface area contributed by atoms with Crippen molar-refractivity contribution < 1.29 is 9.47 Å². The van der Waals surface area contributed by atoms with Gasteiger partial charge in [0.1, 0.15) is 11.5 Å². The van der Waals surface area contributed by atoms with E-state index in [0.29, 0.717) is 0 Å². The van der Waals surface area contributed by atoms with Crippen LogP contribution in [0.15, 0.2) is 42.5 Å². The van der Waals surface area contributed by atoms with E-state index in [2.05, 4.69) is 22.3 Å². The van der Waals surface area contributed by atoms with E-state index in [1.54, 1.807) is 14.2 Å². The van der Waals surface area contributed by atoms with Crippen LogP contribution in [-0.2, 0) is 0 Å². The third kappa shape index (κ3) is 3.15. The molecule has 2 rings (SSSR count). The maximum Gasteiger partial charge on any atom is 0.142 e. The largest absolute Gasteiger partial charge is 0.497 e. The molecule has 106 valence electrons. The topological polar surface area (TPSA) is 33.7 Å². The Balaban J connectivity index is 2.31. The van der Waals surface area contributed by atoms with Gasteiger partial charge in [-0.15, -0.1) is 0 Å². The van der Waals surface area contributed by atoms with E-state index < -0.39 is 0 Å². The summed E-state index contributed by atoms with van der Waals surface area (Å²) in [4.78, 5) is 2.06. The van der Waals surface area contributed by atoms with Gasteiger partial charge < -0.3 is 19.7 Å². The SMILES string of the molecule is COc1ccc(OC)c(Nc2cccc(N(C)C)c2)c1. The predicted molar refractivity (Wildman–Crippen MR) is 83.6 cm³/mol. The lowest BCUT2D eigenvalue weighted by Gasteiger charge is -2.16. The lowest BCUT2D eigenvalue weighted by molar-refractivity contribution is 0.405. The number of nitrogens with zero attached hydrogens (tertiary/aromatic N) is 1. The first-order valence-electron chi connectivity index (χ1n) is 6.40. The van der Waals surface area contributed by atoms with Gasteiger partial charge in [-0.25, -0.2) is 0 Å². The lowest BCUT2D eigenvalue weighted by atomic mass is 10.2. The molecule has 1 N–H and O–H groups in total. The Labute approximate surface area is 119 Å². The lowest BCUT2D eigenvalue weighted by Crippen LogP contribution is -2.08. The van der Waals surface area contributed by atoms with Crippen LogP contribution in [0.5, 0.6) is 11.5 Å². The Morgan fingerprint density at radius 2 is 1.75 bits per heavy atom. The van der Waals surface area contributed by atoms with Gasteiger partial charge in [0.25, 0.3) is 0 Å². The summed E-state index contributed by atoms with van der Waals surface area (Å²) in [6.07, 6.45) is 0. The summed E-state index contributed by atoms with van der Waals surface area (Å²) < 4.78 is 10.6. The zero-order chi connectivity index (χ0) is 14.5. The molecule has 0 atom stereocenters. The number of hydrogen-bond donors (Lipinski definition) is 1. The van der Waals surface area contributed by atoms with Crippen molar-refractivity contribution in [1.29, 1.82) is 0 Å². The van der Waals surface area contributed by atoms with Crippen molar-refractivity contribution in [1.82, 2.24) is 0 Å². The van der Waals surface area contributed by atoms with E-state index in [9.17, 15) is 0 Å². The monoisotopic (exact) mass is 272 g/mol. The van der Waals surface area contributed by atoms with Crippen LogP contribution in [0.25, 0.3) is 0 Å². The second-order valence-corrected chi connectivity index (χ2v) is 4.64. The van der Waals surface area contributed by atoms with E-state index in [-0.39, 0.29) is 0 Å². The number of anilines is 3. The fourth-order valence-electron chi connectivity index (χ4n) is 1.93.